The Labute approximate surface area is 128 Å². The van der Waals surface area contributed by atoms with Crippen molar-refractivity contribution in [3.8, 4) is 5.75 Å². The van der Waals surface area contributed by atoms with Gasteiger partial charge in [-0.15, -0.1) is 0 Å². The van der Waals surface area contributed by atoms with Gasteiger partial charge in [0.05, 0.1) is 18.0 Å². The Kier molecular flexibility index (Phi) is 3.60. The van der Waals surface area contributed by atoms with Gasteiger partial charge in [0.2, 0.25) is 5.60 Å². The van der Waals surface area contributed by atoms with Crippen LogP contribution in [0.3, 0.4) is 0 Å². The van der Waals surface area contributed by atoms with E-state index in [-0.39, 0.29) is 0 Å². The van der Waals surface area contributed by atoms with Gasteiger partial charge in [0, 0.05) is 12.8 Å². The van der Waals surface area contributed by atoms with Crippen molar-refractivity contribution in [1.82, 2.24) is 0 Å². The van der Waals surface area contributed by atoms with Crippen molar-refractivity contribution in [3.63, 3.8) is 0 Å². The largest absolute Gasteiger partial charge is 0.493 e. The highest BCUT2D eigenvalue weighted by Crippen LogP contribution is 2.27. The molecular formula is C16H18N2O4. The van der Waals surface area contributed by atoms with E-state index in [1.54, 1.807) is 20.8 Å². The lowest BCUT2D eigenvalue weighted by molar-refractivity contribution is -0.167. The first kappa shape index (κ1) is 14.6. The van der Waals surface area contributed by atoms with E-state index in [1.807, 2.05) is 18.2 Å². The summed E-state index contributed by atoms with van der Waals surface area (Å²) in [5, 5.41) is 7.72. The number of hydrogen-bond acceptors (Lipinski definition) is 6. The van der Waals surface area contributed by atoms with Gasteiger partial charge in [0.25, 0.3) is 0 Å². The molecule has 0 saturated carbocycles. The number of ether oxygens (including phenoxy) is 1. The fourth-order valence-corrected chi connectivity index (χ4v) is 2.51. The Hall–Kier alpha value is -2.37. The van der Waals surface area contributed by atoms with E-state index in [9.17, 15) is 4.79 Å². The minimum Gasteiger partial charge on any atom is -0.493 e. The maximum absolute atomic E-state index is 12.1. The van der Waals surface area contributed by atoms with Crippen molar-refractivity contribution in [3.05, 3.63) is 29.3 Å². The minimum absolute atomic E-state index is 0.413. The van der Waals surface area contributed by atoms with E-state index in [0.717, 1.165) is 29.0 Å². The van der Waals surface area contributed by atoms with Gasteiger partial charge in [-0.2, -0.15) is 0 Å². The van der Waals surface area contributed by atoms with Crippen LogP contribution in [-0.4, -0.2) is 29.6 Å². The molecule has 116 valence electrons. The van der Waals surface area contributed by atoms with Gasteiger partial charge < -0.3 is 14.4 Å². The molecule has 3 rings (SSSR count). The van der Waals surface area contributed by atoms with Crippen LogP contribution in [0.1, 0.15) is 38.3 Å². The molecule has 0 saturated heterocycles. The Morgan fingerprint density at radius 3 is 3.00 bits per heavy atom. The van der Waals surface area contributed by atoms with E-state index in [0.29, 0.717) is 18.7 Å². The van der Waals surface area contributed by atoms with E-state index in [4.69, 9.17) is 14.4 Å². The van der Waals surface area contributed by atoms with Crippen molar-refractivity contribution in [2.24, 2.45) is 10.3 Å². The Morgan fingerprint density at radius 2 is 2.27 bits per heavy atom. The highest BCUT2D eigenvalue weighted by Gasteiger charge is 2.43. The predicted octanol–water partition coefficient (Wildman–Crippen LogP) is 2.44. The van der Waals surface area contributed by atoms with E-state index in [1.165, 1.54) is 0 Å². The molecule has 22 heavy (non-hydrogen) atoms. The fraction of sp³-hybridized carbons (Fsp3) is 0.438. The molecule has 0 N–H and O–H groups in total. The van der Waals surface area contributed by atoms with Gasteiger partial charge in [-0.3, -0.25) is 0 Å². The quantitative estimate of drug-likeness (QED) is 0.488. The lowest BCUT2D eigenvalue weighted by Crippen LogP contribution is -2.36. The van der Waals surface area contributed by atoms with Gasteiger partial charge >= 0.3 is 5.97 Å². The first-order valence-electron chi connectivity index (χ1n) is 7.22. The maximum atomic E-state index is 12.1. The number of fused-ring (bicyclic) bond motifs is 1. The van der Waals surface area contributed by atoms with Gasteiger partial charge in [-0.1, -0.05) is 10.3 Å². The average Bonchev–Trinajstić information content (AvgIpc) is 3.10. The van der Waals surface area contributed by atoms with Crippen molar-refractivity contribution < 1.29 is 19.2 Å². The van der Waals surface area contributed by atoms with Crippen molar-refractivity contribution in [2.45, 2.75) is 39.2 Å². The van der Waals surface area contributed by atoms with Crippen molar-refractivity contribution in [1.29, 1.82) is 0 Å². The second kappa shape index (κ2) is 5.44. The van der Waals surface area contributed by atoms with E-state index in [2.05, 4.69) is 10.3 Å². The molecule has 6 nitrogen and oxygen atoms in total. The highest BCUT2D eigenvalue weighted by atomic mass is 16.7. The molecule has 1 aromatic carbocycles. The first-order valence-corrected chi connectivity index (χ1v) is 7.22. The lowest BCUT2D eigenvalue weighted by atomic mass is 10.0. The third kappa shape index (κ3) is 2.68. The highest BCUT2D eigenvalue weighted by molar-refractivity contribution is 5.99. The molecular weight excluding hydrogens is 284 g/mol. The fourth-order valence-electron chi connectivity index (χ4n) is 2.51. The second-order valence-electron chi connectivity index (χ2n) is 5.80. The number of hydrogen-bond donors (Lipinski definition) is 0. The summed E-state index contributed by atoms with van der Waals surface area (Å²) in [7, 11) is 0. The van der Waals surface area contributed by atoms with Crippen LogP contribution in [0.25, 0.3) is 0 Å². The summed E-state index contributed by atoms with van der Waals surface area (Å²) in [5.74, 6) is 0.366. The van der Waals surface area contributed by atoms with Crippen LogP contribution in [0.5, 0.6) is 5.75 Å². The van der Waals surface area contributed by atoms with Crippen molar-refractivity contribution >= 4 is 17.4 Å². The summed E-state index contributed by atoms with van der Waals surface area (Å²) in [6.07, 6.45) is 1.30. The van der Waals surface area contributed by atoms with Gasteiger partial charge in [0.15, 0.2) is 0 Å². The number of rotatable bonds is 3. The lowest BCUT2D eigenvalue weighted by Gasteiger charge is -2.16. The van der Waals surface area contributed by atoms with Gasteiger partial charge in [0.1, 0.15) is 5.75 Å². The zero-order valence-electron chi connectivity index (χ0n) is 12.9. The normalized spacial score (nSPS) is 23.4. The summed E-state index contributed by atoms with van der Waals surface area (Å²) in [5.41, 5.74) is 2.36. The molecule has 0 amide bonds. The molecule has 0 spiro atoms. The molecule has 0 bridgehead atoms. The van der Waals surface area contributed by atoms with Crippen LogP contribution >= 0.6 is 0 Å². The Balaban J connectivity index is 1.69. The standard InChI is InChI=1S/C16H18N2O4/c1-10-9-16(3,22-17-10)15(19)21-18-11(2)12-4-5-14-13(8-12)6-7-20-14/h4-5,8H,6-7,9H2,1-3H3/b18-11+. The monoisotopic (exact) mass is 302 g/mol. The Morgan fingerprint density at radius 1 is 1.45 bits per heavy atom. The molecule has 1 atom stereocenters. The summed E-state index contributed by atoms with van der Waals surface area (Å²) in [6.45, 7) is 5.95. The van der Waals surface area contributed by atoms with Crippen LogP contribution in [0.4, 0.5) is 0 Å². The number of carbonyl (C=O) groups excluding carboxylic acids is 1. The van der Waals surface area contributed by atoms with Gasteiger partial charge in [-0.05, 0) is 50.1 Å². The zero-order chi connectivity index (χ0) is 15.7. The minimum atomic E-state index is -1.08. The molecule has 6 heteroatoms. The molecule has 2 aliphatic rings. The molecule has 2 heterocycles. The topological polar surface area (TPSA) is 69.5 Å². The van der Waals surface area contributed by atoms with Crippen LogP contribution in [0, 0.1) is 0 Å². The predicted molar refractivity (Wildman–Crippen MR) is 81.2 cm³/mol. The van der Waals surface area contributed by atoms with Crippen molar-refractivity contribution in [2.75, 3.05) is 6.61 Å². The number of benzene rings is 1. The van der Waals surface area contributed by atoms with E-state index < -0.39 is 11.6 Å². The molecule has 0 radical (unpaired) electrons. The molecule has 2 aliphatic heterocycles. The number of nitrogens with zero attached hydrogens (tertiary/aromatic N) is 2. The molecule has 1 unspecified atom stereocenters. The molecule has 0 aromatic heterocycles. The molecule has 0 aliphatic carbocycles. The maximum Gasteiger partial charge on any atom is 0.381 e. The third-order valence-corrected chi connectivity index (χ3v) is 3.80. The first-order chi connectivity index (χ1) is 10.5. The summed E-state index contributed by atoms with van der Waals surface area (Å²) in [4.78, 5) is 22.3. The van der Waals surface area contributed by atoms with Gasteiger partial charge in [-0.25, -0.2) is 4.79 Å². The van der Waals surface area contributed by atoms with Crippen LogP contribution < -0.4 is 4.74 Å². The summed E-state index contributed by atoms with van der Waals surface area (Å²) < 4.78 is 5.47. The van der Waals surface area contributed by atoms with Crippen LogP contribution in [0.15, 0.2) is 28.5 Å². The van der Waals surface area contributed by atoms with E-state index >= 15 is 0 Å². The summed E-state index contributed by atoms with van der Waals surface area (Å²) in [6, 6.07) is 5.82. The molecule has 1 aromatic rings. The third-order valence-electron chi connectivity index (χ3n) is 3.80. The SMILES string of the molecule is CC1=NOC(C)(C(=O)O/N=C(\C)c2ccc3c(c2)CCO3)C1. The average molecular weight is 302 g/mol. The smallest absolute Gasteiger partial charge is 0.381 e. The number of carbonyl (C=O) groups is 1. The van der Waals surface area contributed by atoms with Crippen LogP contribution in [-0.2, 0) is 20.9 Å². The number of oxime groups is 2. The summed E-state index contributed by atoms with van der Waals surface area (Å²) >= 11 is 0. The zero-order valence-corrected chi connectivity index (χ0v) is 12.9. The second-order valence-corrected chi connectivity index (χ2v) is 5.80. The molecule has 0 fully saturated rings. The van der Waals surface area contributed by atoms with Crippen LogP contribution in [0.2, 0.25) is 0 Å². The Bertz CT molecular complexity index is 681.